The van der Waals surface area contributed by atoms with E-state index < -0.39 is 17.7 Å². The fourth-order valence-electron chi connectivity index (χ4n) is 3.12. The Labute approximate surface area is 134 Å². The van der Waals surface area contributed by atoms with Crippen molar-refractivity contribution < 1.29 is 13.9 Å². The van der Waals surface area contributed by atoms with E-state index in [1.165, 1.54) is 6.07 Å². The van der Waals surface area contributed by atoms with E-state index in [0.29, 0.717) is 25.1 Å². The molecule has 1 aromatic carbocycles. The first-order valence-corrected chi connectivity index (χ1v) is 7.84. The van der Waals surface area contributed by atoms with Crippen LogP contribution in [0.4, 0.5) is 8.78 Å². The SMILES string of the molecule is CC(C)n1cc(CN2C[C@H](O)C[C@H]2c2cc(F)ccc2F)cn1. The summed E-state index contributed by atoms with van der Waals surface area (Å²) < 4.78 is 29.4. The van der Waals surface area contributed by atoms with Crippen molar-refractivity contribution in [2.45, 2.75) is 45.0 Å². The number of aliphatic hydroxyl groups is 1. The zero-order valence-corrected chi connectivity index (χ0v) is 13.3. The highest BCUT2D eigenvalue weighted by molar-refractivity contribution is 5.24. The molecule has 1 aliphatic heterocycles. The van der Waals surface area contributed by atoms with Gasteiger partial charge in [-0.1, -0.05) is 0 Å². The molecule has 23 heavy (non-hydrogen) atoms. The van der Waals surface area contributed by atoms with Crippen LogP contribution in [0.5, 0.6) is 0 Å². The molecular formula is C17H21F2N3O. The normalized spacial score (nSPS) is 22.2. The third-order valence-electron chi connectivity index (χ3n) is 4.27. The lowest BCUT2D eigenvalue weighted by molar-refractivity contribution is 0.172. The summed E-state index contributed by atoms with van der Waals surface area (Å²) in [5, 5.41) is 14.3. The van der Waals surface area contributed by atoms with Gasteiger partial charge in [-0.15, -0.1) is 0 Å². The van der Waals surface area contributed by atoms with E-state index >= 15 is 0 Å². The molecule has 1 fully saturated rings. The third-order valence-corrected chi connectivity index (χ3v) is 4.27. The number of β-amino-alcohol motifs (C(OH)–C–C–N with tert-alkyl or cyclic N) is 1. The Morgan fingerprint density at radius 2 is 2.13 bits per heavy atom. The molecule has 1 saturated heterocycles. The van der Waals surface area contributed by atoms with E-state index in [1.807, 2.05) is 29.6 Å². The minimum absolute atomic E-state index is 0.268. The zero-order chi connectivity index (χ0) is 16.6. The molecule has 2 atom stereocenters. The van der Waals surface area contributed by atoms with Crippen molar-refractivity contribution >= 4 is 0 Å². The van der Waals surface area contributed by atoms with Crippen molar-refractivity contribution in [1.82, 2.24) is 14.7 Å². The van der Waals surface area contributed by atoms with Gasteiger partial charge in [0, 0.05) is 42.5 Å². The first kappa shape index (κ1) is 16.1. The fourth-order valence-corrected chi connectivity index (χ4v) is 3.12. The molecule has 1 N–H and O–H groups in total. The van der Waals surface area contributed by atoms with Gasteiger partial charge >= 0.3 is 0 Å². The lowest BCUT2D eigenvalue weighted by Gasteiger charge is -2.24. The van der Waals surface area contributed by atoms with Crippen LogP contribution in [0.1, 0.15) is 43.5 Å². The zero-order valence-electron chi connectivity index (χ0n) is 13.3. The molecule has 1 aromatic heterocycles. The Balaban J connectivity index is 1.83. The van der Waals surface area contributed by atoms with Gasteiger partial charge in [-0.25, -0.2) is 8.78 Å². The van der Waals surface area contributed by atoms with Crippen LogP contribution in [0.25, 0.3) is 0 Å². The Kier molecular flexibility index (Phi) is 4.46. The highest BCUT2D eigenvalue weighted by Gasteiger charge is 2.34. The number of nitrogens with zero attached hydrogens (tertiary/aromatic N) is 3. The Morgan fingerprint density at radius 3 is 2.83 bits per heavy atom. The number of aromatic nitrogens is 2. The molecule has 124 valence electrons. The first-order chi connectivity index (χ1) is 10.9. The van der Waals surface area contributed by atoms with Crippen LogP contribution < -0.4 is 0 Å². The topological polar surface area (TPSA) is 41.3 Å². The molecule has 0 amide bonds. The average molecular weight is 321 g/mol. The number of benzene rings is 1. The number of rotatable bonds is 4. The molecule has 0 radical (unpaired) electrons. The first-order valence-electron chi connectivity index (χ1n) is 7.84. The summed E-state index contributed by atoms with van der Waals surface area (Å²) in [6.07, 6.45) is 3.60. The van der Waals surface area contributed by atoms with E-state index in [2.05, 4.69) is 5.10 Å². The van der Waals surface area contributed by atoms with E-state index in [9.17, 15) is 13.9 Å². The monoisotopic (exact) mass is 321 g/mol. The van der Waals surface area contributed by atoms with Crippen LogP contribution in [-0.2, 0) is 6.54 Å². The van der Waals surface area contributed by atoms with E-state index in [0.717, 1.165) is 17.7 Å². The smallest absolute Gasteiger partial charge is 0.128 e. The van der Waals surface area contributed by atoms with Crippen molar-refractivity contribution in [2.75, 3.05) is 6.54 Å². The standard InChI is InChI=1S/C17H21F2N3O/c1-11(2)22-9-12(7-20-22)8-21-10-14(23)6-17(21)15-5-13(18)3-4-16(15)19/h3-5,7,9,11,14,17,23H,6,8,10H2,1-2H3/t14-,17+/m1/s1. The molecule has 0 unspecified atom stereocenters. The highest BCUT2D eigenvalue weighted by atomic mass is 19.1. The van der Waals surface area contributed by atoms with Gasteiger partial charge in [-0.05, 0) is 38.5 Å². The Bertz CT molecular complexity index is 686. The summed E-state index contributed by atoms with van der Waals surface area (Å²) in [6.45, 7) is 5.07. The van der Waals surface area contributed by atoms with Crippen molar-refractivity contribution in [3.8, 4) is 0 Å². The minimum atomic E-state index is -0.539. The van der Waals surface area contributed by atoms with Crippen LogP contribution in [0.2, 0.25) is 0 Å². The predicted octanol–water partition coefficient (Wildman–Crippen LogP) is 3.05. The van der Waals surface area contributed by atoms with Gasteiger partial charge in [0.05, 0.1) is 12.3 Å². The summed E-state index contributed by atoms with van der Waals surface area (Å²) in [5.74, 6) is -0.899. The summed E-state index contributed by atoms with van der Waals surface area (Å²) in [5.41, 5.74) is 1.30. The van der Waals surface area contributed by atoms with Crippen LogP contribution >= 0.6 is 0 Å². The van der Waals surface area contributed by atoms with Gasteiger partial charge < -0.3 is 5.11 Å². The molecule has 2 heterocycles. The van der Waals surface area contributed by atoms with Crippen LogP contribution in [0.15, 0.2) is 30.6 Å². The number of likely N-dealkylation sites (tertiary alicyclic amines) is 1. The number of hydrogen-bond donors (Lipinski definition) is 1. The molecule has 2 aromatic rings. The summed E-state index contributed by atoms with van der Waals surface area (Å²) in [7, 11) is 0. The lowest BCUT2D eigenvalue weighted by atomic mass is 10.0. The second kappa shape index (κ2) is 6.37. The van der Waals surface area contributed by atoms with Gasteiger partial charge in [0.15, 0.2) is 0 Å². The van der Waals surface area contributed by atoms with Crippen LogP contribution in [0, 0.1) is 11.6 Å². The largest absolute Gasteiger partial charge is 0.392 e. The molecule has 0 saturated carbocycles. The Hall–Kier alpha value is -1.79. The van der Waals surface area contributed by atoms with Gasteiger partial charge in [0.2, 0.25) is 0 Å². The van der Waals surface area contributed by atoms with E-state index in [4.69, 9.17) is 0 Å². The molecule has 6 heteroatoms. The molecule has 0 spiro atoms. The van der Waals surface area contributed by atoms with Crippen molar-refractivity contribution in [3.63, 3.8) is 0 Å². The van der Waals surface area contributed by atoms with Gasteiger partial charge in [0.25, 0.3) is 0 Å². The van der Waals surface area contributed by atoms with Crippen molar-refractivity contribution in [3.05, 3.63) is 53.4 Å². The second-order valence-corrected chi connectivity index (χ2v) is 6.42. The van der Waals surface area contributed by atoms with Crippen molar-refractivity contribution in [1.29, 1.82) is 0 Å². The van der Waals surface area contributed by atoms with Crippen molar-refractivity contribution in [2.24, 2.45) is 0 Å². The average Bonchev–Trinajstić information content (AvgIpc) is 3.09. The fraction of sp³-hybridized carbons (Fsp3) is 0.471. The third kappa shape index (κ3) is 3.43. The highest BCUT2D eigenvalue weighted by Crippen LogP contribution is 2.35. The van der Waals surface area contributed by atoms with E-state index in [1.54, 1.807) is 6.20 Å². The lowest BCUT2D eigenvalue weighted by Crippen LogP contribution is -2.24. The molecule has 0 bridgehead atoms. The maximum absolute atomic E-state index is 14.1. The molecular weight excluding hydrogens is 300 g/mol. The van der Waals surface area contributed by atoms with E-state index in [-0.39, 0.29) is 12.1 Å². The molecule has 0 aliphatic carbocycles. The van der Waals surface area contributed by atoms with Crippen LogP contribution in [0.3, 0.4) is 0 Å². The quantitative estimate of drug-likeness (QED) is 0.941. The number of aliphatic hydroxyl groups excluding tert-OH is 1. The Morgan fingerprint density at radius 1 is 1.35 bits per heavy atom. The molecule has 4 nitrogen and oxygen atoms in total. The number of halogens is 2. The predicted molar refractivity (Wildman–Crippen MR) is 82.7 cm³/mol. The van der Waals surface area contributed by atoms with Gasteiger partial charge in [0.1, 0.15) is 11.6 Å². The van der Waals surface area contributed by atoms with Gasteiger partial charge in [-0.3, -0.25) is 9.58 Å². The molecule has 3 rings (SSSR count). The maximum atomic E-state index is 14.1. The summed E-state index contributed by atoms with van der Waals surface area (Å²) >= 11 is 0. The molecule has 1 aliphatic rings. The maximum Gasteiger partial charge on any atom is 0.128 e. The van der Waals surface area contributed by atoms with Crippen LogP contribution in [-0.4, -0.2) is 32.4 Å². The number of hydrogen-bond acceptors (Lipinski definition) is 3. The summed E-state index contributed by atoms with van der Waals surface area (Å²) in [6, 6.07) is 3.42. The second-order valence-electron chi connectivity index (χ2n) is 6.42. The van der Waals surface area contributed by atoms with Gasteiger partial charge in [-0.2, -0.15) is 5.10 Å². The summed E-state index contributed by atoms with van der Waals surface area (Å²) in [4.78, 5) is 1.98. The minimum Gasteiger partial charge on any atom is -0.392 e.